The Hall–Kier alpha value is -0.220. The third-order valence-electron chi connectivity index (χ3n) is 1.77. The van der Waals surface area contributed by atoms with Gasteiger partial charge in [-0.1, -0.05) is 15.9 Å². The van der Waals surface area contributed by atoms with Crippen LogP contribution in [0.1, 0.15) is 26.7 Å². The van der Waals surface area contributed by atoms with Gasteiger partial charge in [0, 0.05) is 11.8 Å². The molecule has 0 spiro atoms. The summed E-state index contributed by atoms with van der Waals surface area (Å²) in [5, 5.41) is 10.1. The highest BCUT2D eigenvalue weighted by Crippen LogP contribution is 2.11. The SMILES string of the molecule is CC(=O)[C@@](C)(O)C(=O)CCCBr. The molecule has 0 heterocycles. The van der Waals surface area contributed by atoms with Gasteiger partial charge in [0.15, 0.2) is 17.2 Å². The lowest BCUT2D eigenvalue weighted by Gasteiger charge is -2.17. The van der Waals surface area contributed by atoms with Crippen LogP contribution in [-0.4, -0.2) is 27.6 Å². The van der Waals surface area contributed by atoms with E-state index in [1.807, 2.05) is 0 Å². The Bertz CT molecular complexity index is 187. The maximum absolute atomic E-state index is 11.2. The van der Waals surface area contributed by atoms with Crippen LogP contribution in [0, 0.1) is 0 Å². The molecule has 4 heteroatoms. The molecular weight excluding hydrogens is 224 g/mol. The van der Waals surface area contributed by atoms with Gasteiger partial charge in [-0.3, -0.25) is 9.59 Å². The summed E-state index contributed by atoms with van der Waals surface area (Å²) in [6, 6.07) is 0. The molecule has 3 nitrogen and oxygen atoms in total. The Morgan fingerprint density at radius 2 is 2.00 bits per heavy atom. The molecule has 0 unspecified atom stereocenters. The van der Waals surface area contributed by atoms with Crippen LogP contribution in [0.2, 0.25) is 0 Å². The predicted molar refractivity (Wildman–Crippen MR) is 49.3 cm³/mol. The van der Waals surface area contributed by atoms with Crippen molar-refractivity contribution in [1.29, 1.82) is 0 Å². The van der Waals surface area contributed by atoms with E-state index in [-0.39, 0.29) is 6.42 Å². The summed E-state index contributed by atoms with van der Waals surface area (Å²) in [5.74, 6) is -0.906. The van der Waals surface area contributed by atoms with Gasteiger partial charge < -0.3 is 5.11 Å². The Labute approximate surface area is 80.3 Å². The third-order valence-corrected chi connectivity index (χ3v) is 2.33. The average molecular weight is 237 g/mol. The summed E-state index contributed by atoms with van der Waals surface area (Å²) in [5.41, 5.74) is -1.79. The van der Waals surface area contributed by atoms with Crippen molar-refractivity contribution in [3.05, 3.63) is 0 Å². The van der Waals surface area contributed by atoms with Gasteiger partial charge in [0.05, 0.1) is 0 Å². The summed E-state index contributed by atoms with van der Waals surface area (Å²) in [7, 11) is 0. The van der Waals surface area contributed by atoms with Crippen LogP contribution < -0.4 is 0 Å². The minimum absolute atomic E-state index is 0.234. The van der Waals surface area contributed by atoms with Crippen LogP contribution in [0.5, 0.6) is 0 Å². The molecule has 12 heavy (non-hydrogen) atoms. The standard InChI is InChI=1S/C8H13BrO3/c1-6(10)8(2,12)7(11)4-3-5-9/h12H,3-5H2,1-2H3/t8-/m1/s1. The number of carbonyl (C=O) groups excluding carboxylic acids is 2. The highest BCUT2D eigenvalue weighted by atomic mass is 79.9. The van der Waals surface area contributed by atoms with Crippen LogP contribution in [0.25, 0.3) is 0 Å². The van der Waals surface area contributed by atoms with Gasteiger partial charge in [0.2, 0.25) is 0 Å². The fraction of sp³-hybridized carbons (Fsp3) is 0.750. The Kier molecular flexibility index (Phi) is 4.63. The molecule has 0 rings (SSSR count). The minimum atomic E-state index is -1.79. The number of alkyl halides is 1. The zero-order valence-corrected chi connectivity index (χ0v) is 8.85. The van der Waals surface area contributed by atoms with E-state index < -0.39 is 17.2 Å². The van der Waals surface area contributed by atoms with Gasteiger partial charge in [0.1, 0.15) is 0 Å². The van der Waals surface area contributed by atoms with Crippen molar-refractivity contribution in [2.75, 3.05) is 5.33 Å². The van der Waals surface area contributed by atoms with Crippen molar-refractivity contribution in [2.45, 2.75) is 32.3 Å². The van der Waals surface area contributed by atoms with Crippen molar-refractivity contribution >= 4 is 27.5 Å². The number of hydrogen-bond acceptors (Lipinski definition) is 3. The molecule has 0 aliphatic heterocycles. The summed E-state index contributed by atoms with van der Waals surface area (Å²) in [6.07, 6.45) is 0.875. The van der Waals surface area contributed by atoms with E-state index in [2.05, 4.69) is 15.9 Å². The molecule has 0 fully saturated rings. The fourth-order valence-corrected chi connectivity index (χ4v) is 0.947. The largest absolute Gasteiger partial charge is 0.375 e. The van der Waals surface area contributed by atoms with Gasteiger partial charge in [-0.2, -0.15) is 0 Å². The second-order valence-electron chi connectivity index (χ2n) is 2.84. The van der Waals surface area contributed by atoms with E-state index in [9.17, 15) is 14.7 Å². The topological polar surface area (TPSA) is 54.4 Å². The molecule has 0 saturated heterocycles. The molecular formula is C8H13BrO3. The van der Waals surface area contributed by atoms with Crippen molar-refractivity contribution in [1.82, 2.24) is 0 Å². The second kappa shape index (κ2) is 4.72. The number of rotatable bonds is 5. The molecule has 0 aromatic heterocycles. The van der Waals surface area contributed by atoms with E-state index in [0.717, 1.165) is 0 Å². The van der Waals surface area contributed by atoms with E-state index >= 15 is 0 Å². The van der Waals surface area contributed by atoms with E-state index in [4.69, 9.17) is 0 Å². The van der Waals surface area contributed by atoms with E-state index in [1.54, 1.807) is 0 Å². The maximum atomic E-state index is 11.2. The predicted octanol–water partition coefficient (Wildman–Crippen LogP) is 1.07. The van der Waals surface area contributed by atoms with E-state index in [0.29, 0.717) is 11.8 Å². The molecule has 1 N–H and O–H groups in total. The zero-order chi connectivity index (χ0) is 9.78. The van der Waals surface area contributed by atoms with E-state index in [1.165, 1.54) is 13.8 Å². The molecule has 0 saturated carbocycles. The van der Waals surface area contributed by atoms with Gasteiger partial charge >= 0.3 is 0 Å². The lowest BCUT2D eigenvalue weighted by molar-refractivity contribution is -0.147. The van der Waals surface area contributed by atoms with Gasteiger partial charge in [-0.15, -0.1) is 0 Å². The first-order valence-corrected chi connectivity index (χ1v) is 4.87. The van der Waals surface area contributed by atoms with Crippen LogP contribution in [0.3, 0.4) is 0 Å². The summed E-state index contributed by atoms with van der Waals surface area (Å²) in [4.78, 5) is 22.0. The lowest BCUT2D eigenvalue weighted by atomic mass is 9.94. The monoisotopic (exact) mass is 236 g/mol. The van der Waals surface area contributed by atoms with Gasteiger partial charge in [0.25, 0.3) is 0 Å². The second-order valence-corrected chi connectivity index (χ2v) is 3.64. The van der Waals surface area contributed by atoms with Crippen LogP contribution in [-0.2, 0) is 9.59 Å². The third kappa shape index (κ3) is 3.03. The molecule has 0 amide bonds. The summed E-state index contributed by atoms with van der Waals surface area (Å²) in [6.45, 7) is 2.46. The molecule has 70 valence electrons. The number of aliphatic hydroxyl groups is 1. The fourth-order valence-electron chi connectivity index (χ4n) is 0.667. The van der Waals surface area contributed by atoms with Crippen molar-refractivity contribution in [3.8, 4) is 0 Å². The van der Waals surface area contributed by atoms with Gasteiger partial charge in [-0.25, -0.2) is 0 Å². The Balaban J connectivity index is 4.16. The van der Waals surface area contributed by atoms with Crippen LogP contribution >= 0.6 is 15.9 Å². The smallest absolute Gasteiger partial charge is 0.177 e. The number of carbonyl (C=O) groups is 2. The molecule has 0 aliphatic carbocycles. The molecule has 0 aromatic carbocycles. The number of halogens is 1. The Morgan fingerprint density at radius 1 is 1.50 bits per heavy atom. The number of ketones is 2. The summed E-state index contributed by atoms with van der Waals surface area (Å²) < 4.78 is 0. The zero-order valence-electron chi connectivity index (χ0n) is 7.26. The first-order valence-electron chi connectivity index (χ1n) is 3.75. The van der Waals surface area contributed by atoms with Crippen molar-refractivity contribution < 1.29 is 14.7 Å². The maximum Gasteiger partial charge on any atom is 0.177 e. The van der Waals surface area contributed by atoms with Crippen LogP contribution in [0.4, 0.5) is 0 Å². The normalized spacial score (nSPS) is 15.3. The highest BCUT2D eigenvalue weighted by molar-refractivity contribution is 9.09. The molecule has 0 aliphatic rings. The van der Waals surface area contributed by atoms with Crippen molar-refractivity contribution in [3.63, 3.8) is 0 Å². The van der Waals surface area contributed by atoms with Crippen LogP contribution in [0.15, 0.2) is 0 Å². The summed E-state index contributed by atoms with van der Waals surface area (Å²) >= 11 is 3.16. The van der Waals surface area contributed by atoms with Crippen molar-refractivity contribution in [2.24, 2.45) is 0 Å². The molecule has 1 atom stereocenters. The number of Topliss-reactive ketones (excluding diaryl/α,β-unsaturated/α-hetero) is 2. The first kappa shape index (κ1) is 11.8. The minimum Gasteiger partial charge on any atom is -0.375 e. The number of hydrogen-bond donors (Lipinski definition) is 1. The molecule has 0 aromatic rings. The highest BCUT2D eigenvalue weighted by Gasteiger charge is 2.34. The Morgan fingerprint density at radius 3 is 2.33 bits per heavy atom. The lowest BCUT2D eigenvalue weighted by Crippen LogP contribution is -2.42. The van der Waals surface area contributed by atoms with Gasteiger partial charge in [-0.05, 0) is 20.3 Å². The first-order chi connectivity index (χ1) is 5.42. The molecule has 0 radical (unpaired) electrons. The quantitative estimate of drug-likeness (QED) is 0.574. The molecule has 0 bridgehead atoms. The average Bonchev–Trinajstić information content (AvgIpc) is 1.99.